The molecule has 4 saturated carbocycles. The number of nitrogens with one attached hydrogen (secondary N) is 6. The van der Waals surface area contributed by atoms with Crippen molar-refractivity contribution in [3.8, 4) is 0 Å². The number of benzene rings is 2. The van der Waals surface area contributed by atoms with Gasteiger partial charge in [-0.3, -0.25) is 62.9 Å². The standard InChI is InChI=1S/C72H103N19O14S/c1-71(47-20-27-106-41-47,67(105)86-52(40-92)63(100)90-26-25-89(65(102)56(90)32-43-14-6-3-7-15-43)54(31-42-12-4-2-5-13-42)61(98)85-51(66(103)104)18-10-23-81-70(77)78)87-58(95)38-82-60(97)55-33-48(93)39-91(55)64(101)53-19-11-24-88(53)62(99)50(17-9-22-80-69(75)76)84-59(96)49(16-8-21-79-68(73)74)83-57(94)37-72-34-44-28-45(35-72)30-46(29-44)36-72/h2-7,12-15,20,27,41,44-46,48-56,92-93H,8-11,16-19,21-26,28-40H2,1H3,(H,82,97)(H,83,94)(H,84,96)(H,85,98)(H,86,105)(H,87,95)(H,103,104)(H4,73,74,79)(H4,75,76,80)(H4,77,78,81)/t44?,45?,46?,48-,49-,50+,51+,52+,53+,54+,55+,56+,71+,72?/m1/s1. The minimum atomic E-state index is -2.01. The van der Waals surface area contributed by atoms with Gasteiger partial charge in [-0.05, 0) is 154 Å². The predicted octanol–water partition coefficient (Wildman–Crippen LogP) is -2.17. The van der Waals surface area contributed by atoms with Crippen LogP contribution < -0.4 is 66.3 Å². The Kier molecular flexibility index (Phi) is 27.9. The molecule has 10 atom stereocenters. The van der Waals surface area contributed by atoms with E-state index in [0.717, 1.165) is 24.2 Å². The number of carbonyl (C=O) groups excluding carboxylic acids is 10. The van der Waals surface area contributed by atoms with Crippen LogP contribution in [0.15, 0.2) is 92.5 Å². The van der Waals surface area contributed by atoms with Crippen molar-refractivity contribution in [1.29, 1.82) is 0 Å². The molecule has 7 fully saturated rings. The number of thiophene rings is 1. The molecule has 576 valence electrons. The molecule has 21 N–H and O–H groups in total. The molecule has 34 heteroatoms. The lowest BCUT2D eigenvalue weighted by Gasteiger charge is -2.56. The molecule has 10 amide bonds. The molecule has 4 aliphatic carbocycles. The van der Waals surface area contributed by atoms with E-state index in [-0.39, 0.29) is 145 Å². The molecule has 0 spiro atoms. The van der Waals surface area contributed by atoms with E-state index in [0.29, 0.717) is 41.7 Å². The van der Waals surface area contributed by atoms with Crippen LogP contribution in [0.1, 0.15) is 126 Å². The number of aliphatic hydroxyl groups is 2. The fourth-order valence-corrected chi connectivity index (χ4v) is 17.4. The summed E-state index contributed by atoms with van der Waals surface area (Å²) in [4.78, 5) is 176. The highest BCUT2D eigenvalue weighted by atomic mass is 32.1. The average Bonchev–Trinajstić information content (AvgIpc) is 0.926. The van der Waals surface area contributed by atoms with E-state index < -0.39 is 132 Å². The summed E-state index contributed by atoms with van der Waals surface area (Å²) in [6, 6.07) is 8.44. The molecule has 3 aliphatic heterocycles. The van der Waals surface area contributed by atoms with E-state index in [9.17, 15) is 63.3 Å². The van der Waals surface area contributed by atoms with Crippen molar-refractivity contribution in [3.63, 3.8) is 0 Å². The topological polar surface area (TPSA) is 527 Å². The third-order valence-electron chi connectivity index (χ3n) is 21.3. The molecular formula is C72H103N19O14S. The van der Waals surface area contributed by atoms with Crippen LogP contribution in [0.4, 0.5) is 0 Å². The third kappa shape index (κ3) is 21.0. The first-order valence-electron chi connectivity index (χ1n) is 36.4. The van der Waals surface area contributed by atoms with Crippen LogP contribution in [0.2, 0.25) is 0 Å². The van der Waals surface area contributed by atoms with E-state index in [2.05, 4.69) is 46.9 Å². The molecule has 4 bridgehead atoms. The Hall–Kier alpha value is -9.96. The van der Waals surface area contributed by atoms with E-state index in [4.69, 9.17) is 34.4 Å². The van der Waals surface area contributed by atoms with Crippen molar-refractivity contribution in [2.24, 2.45) is 72.5 Å². The molecule has 1 aromatic heterocycles. The summed E-state index contributed by atoms with van der Waals surface area (Å²) in [7, 11) is 0. The molecule has 3 saturated heterocycles. The number of amides is 10. The van der Waals surface area contributed by atoms with Crippen molar-refractivity contribution in [2.45, 2.75) is 182 Å². The number of nitrogens with two attached hydrogens (primary N) is 6. The lowest BCUT2D eigenvalue weighted by Crippen LogP contribution is -2.67. The third-order valence-corrected chi connectivity index (χ3v) is 22.0. The first kappa shape index (κ1) is 80.1. The van der Waals surface area contributed by atoms with Crippen molar-refractivity contribution >= 4 is 94.3 Å². The fourth-order valence-electron chi connectivity index (χ4n) is 16.6. The number of aliphatic hydroxyl groups excluding tert-OH is 2. The second-order valence-corrected chi connectivity index (χ2v) is 30.0. The van der Waals surface area contributed by atoms with E-state index in [1.54, 1.807) is 77.5 Å². The Morgan fingerprint density at radius 2 is 1.21 bits per heavy atom. The summed E-state index contributed by atoms with van der Waals surface area (Å²) < 4.78 is 0. The maximum absolute atomic E-state index is 15.1. The first-order valence-corrected chi connectivity index (χ1v) is 37.4. The Morgan fingerprint density at radius 3 is 1.77 bits per heavy atom. The number of β-amino-alcohol motifs (C(OH)–C–C–N with tert-alkyl or cyclic N) is 1. The van der Waals surface area contributed by atoms with Crippen molar-refractivity contribution in [1.82, 2.24) is 51.5 Å². The van der Waals surface area contributed by atoms with Crippen molar-refractivity contribution < 1.29 is 68.1 Å². The smallest absolute Gasteiger partial charge is 0.326 e. The van der Waals surface area contributed by atoms with E-state index >= 15 is 4.79 Å². The number of piperazine rings is 1. The molecule has 10 rings (SSSR count). The first-order chi connectivity index (χ1) is 50.6. The lowest BCUT2D eigenvalue weighted by atomic mass is 9.49. The van der Waals surface area contributed by atoms with Gasteiger partial charge in [0.1, 0.15) is 53.9 Å². The maximum atomic E-state index is 15.1. The summed E-state index contributed by atoms with van der Waals surface area (Å²) in [5.41, 5.74) is 32.7. The van der Waals surface area contributed by atoms with Gasteiger partial charge in [0.25, 0.3) is 5.91 Å². The van der Waals surface area contributed by atoms with Crippen LogP contribution in [-0.2, 0) is 71.1 Å². The number of hydrogen-bond acceptors (Lipinski definition) is 17. The Labute approximate surface area is 619 Å². The summed E-state index contributed by atoms with van der Waals surface area (Å²) >= 11 is 1.18. The molecule has 2 aromatic carbocycles. The molecule has 33 nitrogen and oxygen atoms in total. The van der Waals surface area contributed by atoms with Gasteiger partial charge < -0.3 is 101 Å². The van der Waals surface area contributed by atoms with Crippen LogP contribution in [0.25, 0.3) is 0 Å². The normalized spacial score (nSPS) is 23.5. The van der Waals surface area contributed by atoms with Crippen molar-refractivity contribution in [2.75, 3.05) is 59.0 Å². The maximum Gasteiger partial charge on any atom is 0.326 e. The Bertz CT molecular complexity index is 3670. The number of carboxylic acid groups (broad SMARTS) is 1. The minimum absolute atomic E-state index is 0.0208. The minimum Gasteiger partial charge on any atom is -0.480 e. The van der Waals surface area contributed by atoms with E-state index in [1.807, 2.05) is 0 Å². The van der Waals surface area contributed by atoms with Crippen LogP contribution in [0.5, 0.6) is 0 Å². The number of nitrogens with zero attached hydrogens (tertiary/aromatic N) is 7. The zero-order valence-corrected chi connectivity index (χ0v) is 60.7. The summed E-state index contributed by atoms with van der Waals surface area (Å²) in [6.45, 7) is -0.742. The average molecular weight is 1490 g/mol. The largest absolute Gasteiger partial charge is 0.480 e. The quantitative estimate of drug-likeness (QED) is 0.0167. The van der Waals surface area contributed by atoms with Crippen LogP contribution in [0, 0.1) is 23.2 Å². The van der Waals surface area contributed by atoms with Crippen LogP contribution in [-0.4, -0.2) is 231 Å². The van der Waals surface area contributed by atoms with Crippen LogP contribution >= 0.6 is 11.3 Å². The fraction of sp³-hybridized carbons (Fsp3) is 0.583. The highest BCUT2D eigenvalue weighted by Crippen LogP contribution is 2.61. The Balaban J connectivity index is 0.857. The van der Waals surface area contributed by atoms with E-state index in [1.165, 1.54) is 52.2 Å². The van der Waals surface area contributed by atoms with Gasteiger partial charge in [-0.15, -0.1) is 0 Å². The number of aliphatic imine (C=N–C) groups is 3. The van der Waals surface area contributed by atoms with Gasteiger partial charge in [-0.1, -0.05) is 60.7 Å². The summed E-state index contributed by atoms with van der Waals surface area (Å²) in [5.74, 6) is -7.35. The molecule has 0 radical (unpaired) electrons. The number of likely N-dealkylation sites (tertiary alicyclic amines) is 2. The number of rotatable bonds is 36. The summed E-state index contributed by atoms with van der Waals surface area (Å²) in [6.07, 6.45) is 6.52. The Morgan fingerprint density at radius 1 is 0.642 bits per heavy atom. The van der Waals surface area contributed by atoms with Gasteiger partial charge in [-0.25, -0.2) is 4.79 Å². The number of carbonyl (C=O) groups is 11. The molecule has 3 aromatic rings. The number of aliphatic carboxylic acids is 1. The van der Waals surface area contributed by atoms with Gasteiger partial charge in [0.15, 0.2) is 17.9 Å². The molecule has 7 aliphatic rings. The molecule has 4 heterocycles. The lowest BCUT2D eigenvalue weighted by molar-refractivity contribution is -0.158. The summed E-state index contributed by atoms with van der Waals surface area (Å²) in [5, 5.41) is 51.7. The number of carboxylic acids is 1. The molecule has 0 unspecified atom stereocenters. The number of hydrogen-bond donors (Lipinski definition) is 15. The van der Waals surface area contributed by atoms with Gasteiger partial charge in [0, 0.05) is 71.5 Å². The van der Waals surface area contributed by atoms with Crippen LogP contribution in [0.3, 0.4) is 0 Å². The second-order valence-electron chi connectivity index (χ2n) is 29.2. The van der Waals surface area contributed by atoms with Gasteiger partial charge in [-0.2, -0.15) is 11.3 Å². The predicted molar refractivity (Wildman–Crippen MR) is 392 cm³/mol. The van der Waals surface area contributed by atoms with Gasteiger partial charge in [0.2, 0.25) is 53.2 Å². The highest BCUT2D eigenvalue weighted by Gasteiger charge is 2.53. The van der Waals surface area contributed by atoms with Gasteiger partial charge >= 0.3 is 5.97 Å². The van der Waals surface area contributed by atoms with Crippen molar-refractivity contribution in [3.05, 3.63) is 94.2 Å². The number of guanidine groups is 3. The zero-order chi connectivity index (χ0) is 76.4. The monoisotopic (exact) mass is 1490 g/mol. The molecular weight excluding hydrogens is 1390 g/mol. The van der Waals surface area contributed by atoms with Gasteiger partial charge in [0.05, 0.1) is 19.3 Å². The molecule has 106 heavy (non-hydrogen) atoms. The highest BCUT2D eigenvalue weighted by molar-refractivity contribution is 7.08. The SMILES string of the molecule is C[C@@](NC(=O)CNC(=O)[C@@H]1C[C@@H](O)CN1C(=O)[C@@H]1CCCN1C(=O)[C@H](CCCN=C(N)N)NC(=O)[C@@H](CCCN=C(N)N)NC(=O)CC12CC3CC(CC(C3)C1)C2)(C(=O)N[C@@H](CO)C(=O)N1CCN([C@@H](Cc2ccccc2)C(=O)N[C@@H](CCCN=C(N)N)C(=O)O)C(=O)[C@@H]1Cc1ccccc1)c1ccsc1. The second kappa shape index (κ2) is 36.8. The zero-order valence-electron chi connectivity index (χ0n) is 59.9.